The first-order chi connectivity index (χ1) is 23.9. The van der Waals surface area contributed by atoms with Crippen LogP contribution < -0.4 is 10.6 Å². The predicted octanol–water partition coefficient (Wildman–Crippen LogP) is 7.51. The normalized spacial score (nSPS) is 11.8. The van der Waals surface area contributed by atoms with Crippen molar-refractivity contribution < 1.29 is 19.2 Å². The number of amides is 4. The van der Waals surface area contributed by atoms with E-state index in [4.69, 9.17) is 0 Å². The maximum absolute atomic E-state index is 13.0. The standard InChI is InChI=1S/C40H52N6O4/c1-9-41-37(45(11-3)35(47)25-27(5)6)29-17-21-33(22-18-29)43-39(49)31-13-15-32(16-14-31)40(50)44-34-23-19-30(20-24-34)38(42-10-2)46(12-4)36(48)26-28(7)8/h13-24,27-28H,9-12,25-26H2,1-8H3,(H,43,49)(H,44,50). The zero-order valence-electron chi connectivity index (χ0n) is 30.7. The SMILES string of the molecule is CCN=C(c1ccc(NC(=O)c2ccc(C(=O)Nc3ccc(C(=NCC)N(CC)C(=O)CC(C)C)cc3)cc2)cc1)N(CC)C(=O)CC(C)C. The van der Waals surface area contributed by atoms with Crippen LogP contribution in [0.2, 0.25) is 0 Å². The van der Waals surface area contributed by atoms with Gasteiger partial charge in [-0.05, 0) is 112 Å². The minimum Gasteiger partial charge on any atom is -0.322 e. The quantitative estimate of drug-likeness (QED) is 0.135. The van der Waals surface area contributed by atoms with Crippen LogP contribution >= 0.6 is 0 Å². The van der Waals surface area contributed by atoms with Crippen LogP contribution in [0.3, 0.4) is 0 Å². The molecule has 0 unspecified atom stereocenters. The number of carbonyl (C=O) groups excluding carboxylic acids is 4. The molecule has 0 heterocycles. The van der Waals surface area contributed by atoms with Gasteiger partial charge in [-0.25, -0.2) is 0 Å². The summed E-state index contributed by atoms with van der Waals surface area (Å²) in [5.74, 6) is 1.15. The molecule has 0 aromatic heterocycles. The summed E-state index contributed by atoms with van der Waals surface area (Å²) >= 11 is 0. The Balaban J connectivity index is 1.66. The first kappa shape index (κ1) is 39.3. The molecule has 10 nitrogen and oxygen atoms in total. The molecule has 10 heteroatoms. The van der Waals surface area contributed by atoms with E-state index in [0.29, 0.717) is 73.2 Å². The lowest BCUT2D eigenvalue weighted by Crippen LogP contribution is -2.38. The molecule has 0 aliphatic heterocycles. The molecule has 3 aromatic rings. The lowest BCUT2D eigenvalue weighted by molar-refractivity contribution is -0.128. The minimum absolute atomic E-state index is 0.0307. The number of nitrogens with one attached hydrogen (secondary N) is 2. The van der Waals surface area contributed by atoms with Crippen LogP contribution in [0, 0.1) is 11.8 Å². The predicted molar refractivity (Wildman–Crippen MR) is 203 cm³/mol. The number of aliphatic imine (C=N–C) groups is 2. The van der Waals surface area contributed by atoms with Gasteiger partial charge in [0, 0.05) is 72.6 Å². The summed E-state index contributed by atoms with van der Waals surface area (Å²) in [6.07, 6.45) is 0.879. The van der Waals surface area contributed by atoms with E-state index in [-0.39, 0.29) is 35.5 Å². The Morgan fingerprint density at radius 3 is 1.08 bits per heavy atom. The first-order valence-corrected chi connectivity index (χ1v) is 17.5. The van der Waals surface area contributed by atoms with Crippen LogP contribution in [0.5, 0.6) is 0 Å². The third-order valence-corrected chi connectivity index (χ3v) is 7.74. The van der Waals surface area contributed by atoms with Gasteiger partial charge in [0.2, 0.25) is 11.8 Å². The number of rotatable bonds is 14. The molecular weight excluding hydrogens is 628 g/mol. The molecule has 0 atom stereocenters. The molecule has 2 N–H and O–H groups in total. The van der Waals surface area contributed by atoms with Crippen molar-refractivity contribution in [2.75, 3.05) is 36.8 Å². The Morgan fingerprint density at radius 1 is 0.520 bits per heavy atom. The second-order valence-electron chi connectivity index (χ2n) is 12.7. The molecule has 266 valence electrons. The van der Waals surface area contributed by atoms with E-state index in [9.17, 15) is 19.2 Å². The molecule has 3 rings (SSSR count). The summed E-state index contributed by atoms with van der Waals surface area (Å²) in [6.45, 7) is 17.9. The fourth-order valence-corrected chi connectivity index (χ4v) is 5.36. The lowest BCUT2D eigenvalue weighted by Gasteiger charge is -2.24. The highest BCUT2D eigenvalue weighted by Gasteiger charge is 2.22. The Bertz CT molecular complexity index is 1530. The zero-order chi connectivity index (χ0) is 36.8. The average molecular weight is 681 g/mol. The lowest BCUT2D eigenvalue weighted by atomic mass is 10.1. The Morgan fingerprint density at radius 2 is 0.820 bits per heavy atom. The van der Waals surface area contributed by atoms with Crippen molar-refractivity contribution >= 4 is 46.7 Å². The zero-order valence-corrected chi connectivity index (χ0v) is 30.7. The van der Waals surface area contributed by atoms with E-state index < -0.39 is 0 Å². The van der Waals surface area contributed by atoms with Crippen LogP contribution in [0.25, 0.3) is 0 Å². The fourth-order valence-electron chi connectivity index (χ4n) is 5.36. The number of carbonyl (C=O) groups is 4. The van der Waals surface area contributed by atoms with E-state index in [1.54, 1.807) is 58.3 Å². The summed E-state index contributed by atoms with van der Waals surface area (Å²) in [5, 5.41) is 5.79. The number of hydrogen-bond donors (Lipinski definition) is 2. The van der Waals surface area contributed by atoms with E-state index in [1.807, 2.05) is 79.7 Å². The minimum atomic E-state index is -0.317. The van der Waals surface area contributed by atoms with Gasteiger partial charge in [-0.2, -0.15) is 0 Å². The van der Waals surface area contributed by atoms with Crippen LogP contribution in [-0.4, -0.2) is 71.3 Å². The second-order valence-corrected chi connectivity index (χ2v) is 12.7. The monoisotopic (exact) mass is 680 g/mol. The van der Waals surface area contributed by atoms with Crippen molar-refractivity contribution in [2.45, 2.75) is 68.2 Å². The molecule has 3 aromatic carbocycles. The summed E-state index contributed by atoms with van der Waals surface area (Å²) in [7, 11) is 0. The Kier molecular flexibility index (Phi) is 15.1. The largest absolute Gasteiger partial charge is 0.322 e. The maximum Gasteiger partial charge on any atom is 0.255 e. The van der Waals surface area contributed by atoms with E-state index in [0.717, 1.165) is 11.1 Å². The molecule has 0 spiro atoms. The third-order valence-electron chi connectivity index (χ3n) is 7.74. The average Bonchev–Trinajstić information content (AvgIpc) is 3.08. The number of anilines is 2. The second kappa shape index (κ2) is 19.2. The van der Waals surface area contributed by atoms with Gasteiger partial charge < -0.3 is 10.6 Å². The van der Waals surface area contributed by atoms with Crippen molar-refractivity contribution in [3.63, 3.8) is 0 Å². The van der Waals surface area contributed by atoms with Gasteiger partial charge in [0.15, 0.2) is 0 Å². The van der Waals surface area contributed by atoms with E-state index in [1.165, 1.54) is 0 Å². The molecule has 0 radical (unpaired) electrons. The molecule has 0 aliphatic carbocycles. The molecule has 0 aliphatic rings. The maximum atomic E-state index is 13.0. The summed E-state index contributed by atoms with van der Waals surface area (Å²) in [4.78, 5) is 64.4. The van der Waals surface area contributed by atoms with Gasteiger partial charge >= 0.3 is 0 Å². The summed E-state index contributed by atoms with van der Waals surface area (Å²) < 4.78 is 0. The van der Waals surface area contributed by atoms with Crippen molar-refractivity contribution in [3.8, 4) is 0 Å². The van der Waals surface area contributed by atoms with Crippen molar-refractivity contribution in [1.82, 2.24) is 9.80 Å². The molecule has 0 fully saturated rings. The van der Waals surface area contributed by atoms with Crippen LogP contribution in [0.15, 0.2) is 82.8 Å². The highest BCUT2D eigenvalue weighted by Crippen LogP contribution is 2.18. The molecule has 0 saturated carbocycles. The van der Waals surface area contributed by atoms with Gasteiger partial charge in [0.1, 0.15) is 11.7 Å². The molecule has 0 bridgehead atoms. The summed E-state index contributed by atoms with van der Waals surface area (Å²) in [6, 6.07) is 20.9. The molecule has 50 heavy (non-hydrogen) atoms. The van der Waals surface area contributed by atoms with Crippen molar-refractivity contribution in [2.24, 2.45) is 21.8 Å². The third kappa shape index (κ3) is 10.9. The van der Waals surface area contributed by atoms with Gasteiger partial charge in [0.05, 0.1) is 0 Å². The number of benzene rings is 3. The summed E-state index contributed by atoms with van der Waals surface area (Å²) in [5.41, 5.74) is 3.57. The fraction of sp³-hybridized carbons (Fsp3) is 0.400. The molecular formula is C40H52N6O4. The van der Waals surface area contributed by atoms with E-state index >= 15 is 0 Å². The van der Waals surface area contributed by atoms with Crippen molar-refractivity contribution in [3.05, 3.63) is 95.1 Å². The first-order valence-electron chi connectivity index (χ1n) is 17.5. The highest BCUT2D eigenvalue weighted by atomic mass is 16.2. The van der Waals surface area contributed by atoms with Gasteiger partial charge in [-0.3, -0.25) is 39.0 Å². The van der Waals surface area contributed by atoms with Gasteiger partial charge in [0.25, 0.3) is 11.8 Å². The van der Waals surface area contributed by atoms with Crippen LogP contribution in [-0.2, 0) is 9.59 Å². The van der Waals surface area contributed by atoms with Crippen molar-refractivity contribution in [1.29, 1.82) is 0 Å². The molecule has 0 saturated heterocycles. The smallest absolute Gasteiger partial charge is 0.255 e. The van der Waals surface area contributed by atoms with Crippen LogP contribution in [0.1, 0.15) is 100 Å². The van der Waals surface area contributed by atoms with Gasteiger partial charge in [-0.1, -0.05) is 27.7 Å². The number of hydrogen-bond acceptors (Lipinski definition) is 6. The van der Waals surface area contributed by atoms with Gasteiger partial charge in [-0.15, -0.1) is 0 Å². The Labute approximate surface area is 297 Å². The number of nitrogens with zero attached hydrogens (tertiary/aromatic N) is 4. The topological polar surface area (TPSA) is 124 Å². The Hall–Kier alpha value is -5.12. The number of amidine groups is 2. The van der Waals surface area contributed by atoms with Crippen LogP contribution in [0.4, 0.5) is 11.4 Å². The van der Waals surface area contributed by atoms with E-state index in [2.05, 4.69) is 20.6 Å². The molecule has 4 amide bonds. The highest BCUT2D eigenvalue weighted by molar-refractivity contribution is 6.10.